The van der Waals surface area contributed by atoms with E-state index in [1.54, 1.807) is 55.5 Å². The number of thiazole rings is 1. The molecule has 0 aliphatic heterocycles. The lowest BCUT2D eigenvalue weighted by molar-refractivity contribution is 0.0526. The van der Waals surface area contributed by atoms with E-state index in [4.69, 9.17) is 9.47 Å². The number of hydrogen-bond donors (Lipinski definition) is 2. The van der Waals surface area contributed by atoms with Crippen molar-refractivity contribution in [2.75, 3.05) is 23.8 Å². The van der Waals surface area contributed by atoms with E-state index in [9.17, 15) is 18.0 Å². The van der Waals surface area contributed by atoms with Gasteiger partial charge in [-0.05, 0) is 48.9 Å². The quantitative estimate of drug-likeness (QED) is 0.454. The molecule has 0 unspecified atom stereocenters. The number of methoxy groups -OCH3 is 1. The molecular formula is C21H21N3O6S2. The Bertz CT molecular complexity index is 1190. The summed E-state index contributed by atoms with van der Waals surface area (Å²) >= 11 is 1.02. The molecule has 3 aromatic rings. The van der Waals surface area contributed by atoms with Gasteiger partial charge in [0.2, 0.25) is 15.0 Å². The van der Waals surface area contributed by atoms with Crippen LogP contribution in [-0.4, -0.2) is 39.0 Å². The molecule has 0 atom stereocenters. The van der Waals surface area contributed by atoms with Gasteiger partial charge >= 0.3 is 5.97 Å². The number of anilines is 2. The van der Waals surface area contributed by atoms with Crippen molar-refractivity contribution in [1.82, 2.24) is 4.98 Å². The average molecular weight is 476 g/mol. The largest absolute Gasteiger partial charge is 0.497 e. The molecule has 0 aliphatic carbocycles. The number of nitrogens with one attached hydrogen (secondary N) is 2. The highest BCUT2D eigenvalue weighted by molar-refractivity contribution is 7.91. The van der Waals surface area contributed by atoms with Crippen molar-refractivity contribution < 1.29 is 27.5 Å². The van der Waals surface area contributed by atoms with Crippen molar-refractivity contribution in [3.63, 3.8) is 0 Å². The van der Waals surface area contributed by atoms with E-state index in [0.29, 0.717) is 22.7 Å². The Morgan fingerprint density at radius 3 is 2.31 bits per heavy atom. The van der Waals surface area contributed by atoms with Crippen molar-refractivity contribution >= 4 is 44.6 Å². The van der Waals surface area contributed by atoms with E-state index >= 15 is 0 Å². The second kappa shape index (κ2) is 10.2. The Kier molecular flexibility index (Phi) is 7.44. The van der Waals surface area contributed by atoms with Gasteiger partial charge in [-0.3, -0.25) is 9.52 Å². The molecule has 0 fully saturated rings. The Balaban J connectivity index is 1.59. The molecule has 1 aromatic heterocycles. The lowest BCUT2D eigenvalue weighted by Crippen LogP contribution is -2.15. The van der Waals surface area contributed by atoms with Crippen LogP contribution in [0.3, 0.4) is 0 Å². The normalized spacial score (nSPS) is 10.9. The van der Waals surface area contributed by atoms with Crippen molar-refractivity contribution in [2.24, 2.45) is 0 Å². The van der Waals surface area contributed by atoms with Gasteiger partial charge in [-0.25, -0.2) is 18.2 Å². The summed E-state index contributed by atoms with van der Waals surface area (Å²) < 4.78 is 37.3. The van der Waals surface area contributed by atoms with Gasteiger partial charge < -0.3 is 14.8 Å². The van der Waals surface area contributed by atoms with Crippen LogP contribution in [0.15, 0.2) is 53.9 Å². The third kappa shape index (κ3) is 6.28. The maximum Gasteiger partial charge on any atom is 0.367 e. The summed E-state index contributed by atoms with van der Waals surface area (Å²) in [7, 11) is -2.10. The number of carbonyl (C=O) groups is 2. The number of nitrogens with zero attached hydrogens (tertiary/aromatic N) is 1. The molecule has 0 aliphatic rings. The molecule has 0 spiro atoms. The molecule has 3 rings (SSSR count). The van der Waals surface area contributed by atoms with Crippen LogP contribution in [0.25, 0.3) is 0 Å². The van der Waals surface area contributed by atoms with Crippen LogP contribution < -0.4 is 14.8 Å². The summed E-state index contributed by atoms with van der Waals surface area (Å²) in [5.74, 6) is -0.675. The summed E-state index contributed by atoms with van der Waals surface area (Å²) in [5.41, 5.74) is 1.53. The number of ether oxygens (including phenoxy) is 2. The third-order valence-corrected chi connectivity index (χ3v) is 6.20. The lowest BCUT2D eigenvalue weighted by Gasteiger charge is -2.09. The fraction of sp³-hybridized carbons (Fsp3) is 0.190. The van der Waals surface area contributed by atoms with Crippen LogP contribution in [0.1, 0.15) is 32.8 Å². The number of amides is 1. The van der Waals surface area contributed by atoms with E-state index in [-0.39, 0.29) is 23.1 Å². The maximum absolute atomic E-state index is 12.4. The van der Waals surface area contributed by atoms with Gasteiger partial charge in [0.1, 0.15) is 11.4 Å². The fourth-order valence-electron chi connectivity index (χ4n) is 2.64. The van der Waals surface area contributed by atoms with Crippen LogP contribution in [0.4, 0.5) is 11.4 Å². The highest BCUT2D eigenvalue weighted by Gasteiger charge is 2.17. The minimum Gasteiger partial charge on any atom is -0.497 e. The topological polar surface area (TPSA) is 124 Å². The Morgan fingerprint density at radius 1 is 1.03 bits per heavy atom. The highest BCUT2D eigenvalue weighted by atomic mass is 32.2. The van der Waals surface area contributed by atoms with Crippen LogP contribution >= 0.6 is 11.3 Å². The van der Waals surface area contributed by atoms with Crippen LogP contribution in [-0.2, 0) is 20.5 Å². The van der Waals surface area contributed by atoms with E-state index in [1.807, 2.05) is 0 Å². The molecule has 168 valence electrons. The maximum atomic E-state index is 12.4. The summed E-state index contributed by atoms with van der Waals surface area (Å²) in [4.78, 5) is 28.0. The molecule has 1 amide bonds. The zero-order valence-corrected chi connectivity index (χ0v) is 19.0. The van der Waals surface area contributed by atoms with Crippen LogP contribution in [0.5, 0.6) is 5.75 Å². The van der Waals surface area contributed by atoms with Gasteiger partial charge in [0.15, 0.2) is 0 Å². The molecule has 0 bridgehead atoms. The molecule has 1 heterocycles. The molecule has 0 saturated heterocycles. The molecule has 0 radical (unpaired) electrons. The SMILES string of the molecule is CCOC(=O)c1nc(C(=O)Nc2ccc(CS(=O)(=O)Nc3ccc(OC)cc3)cc2)cs1. The summed E-state index contributed by atoms with van der Waals surface area (Å²) in [6, 6.07) is 12.9. The third-order valence-electron chi connectivity index (χ3n) is 4.12. The minimum absolute atomic E-state index is 0.0911. The fourth-order valence-corrected chi connectivity index (χ4v) is 4.53. The first-order valence-electron chi connectivity index (χ1n) is 9.47. The van der Waals surface area contributed by atoms with E-state index in [2.05, 4.69) is 15.0 Å². The van der Waals surface area contributed by atoms with Crippen molar-refractivity contribution in [1.29, 1.82) is 0 Å². The van der Waals surface area contributed by atoms with Gasteiger partial charge in [0.25, 0.3) is 5.91 Å². The first-order chi connectivity index (χ1) is 15.3. The predicted molar refractivity (Wildman–Crippen MR) is 122 cm³/mol. The van der Waals surface area contributed by atoms with Gasteiger partial charge in [-0.15, -0.1) is 11.3 Å². The molecule has 2 aromatic carbocycles. The smallest absolute Gasteiger partial charge is 0.367 e. The van der Waals surface area contributed by atoms with E-state index in [0.717, 1.165) is 11.3 Å². The Hall–Kier alpha value is -3.44. The molecule has 0 saturated carbocycles. The Morgan fingerprint density at radius 2 is 1.69 bits per heavy atom. The van der Waals surface area contributed by atoms with Gasteiger partial charge in [0.05, 0.1) is 19.5 Å². The Labute approximate surface area is 189 Å². The summed E-state index contributed by atoms with van der Waals surface area (Å²) in [5, 5.41) is 4.22. The zero-order chi connectivity index (χ0) is 23.1. The van der Waals surface area contributed by atoms with E-state index < -0.39 is 21.9 Å². The van der Waals surface area contributed by atoms with Gasteiger partial charge in [-0.2, -0.15) is 0 Å². The van der Waals surface area contributed by atoms with Crippen molar-refractivity contribution in [3.05, 3.63) is 70.2 Å². The lowest BCUT2D eigenvalue weighted by atomic mass is 10.2. The minimum atomic E-state index is -3.63. The standard InChI is InChI=1S/C21H21N3O6S2/c1-3-30-21(26)20-23-18(12-31-20)19(25)22-15-6-4-14(5-7-15)13-32(27,28)24-16-8-10-17(29-2)11-9-16/h4-12,24H,3,13H2,1-2H3,(H,22,25). The predicted octanol–water partition coefficient (Wildman–Crippen LogP) is 3.52. The first kappa shape index (κ1) is 23.2. The van der Waals surface area contributed by atoms with Crippen LogP contribution in [0.2, 0.25) is 0 Å². The van der Waals surface area contributed by atoms with E-state index in [1.165, 1.54) is 12.5 Å². The number of esters is 1. The highest BCUT2D eigenvalue weighted by Crippen LogP contribution is 2.19. The van der Waals surface area contributed by atoms with Crippen LogP contribution in [0, 0.1) is 0 Å². The molecule has 11 heteroatoms. The molecule has 9 nitrogen and oxygen atoms in total. The molecule has 32 heavy (non-hydrogen) atoms. The number of hydrogen-bond acceptors (Lipinski definition) is 8. The summed E-state index contributed by atoms with van der Waals surface area (Å²) in [6.45, 7) is 1.90. The van der Waals surface area contributed by atoms with Crippen molar-refractivity contribution in [3.8, 4) is 5.75 Å². The summed E-state index contributed by atoms with van der Waals surface area (Å²) in [6.07, 6.45) is 0. The number of aromatic nitrogens is 1. The number of carbonyl (C=O) groups excluding carboxylic acids is 2. The number of sulfonamides is 1. The van der Waals surface area contributed by atoms with Gasteiger partial charge in [0, 0.05) is 16.8 Å². The van der Waals surface area contributed by atoms with Crippen molar-refractivity contribution in [2.45, 2.75) is 12.7 Å². The first-order valence-corrected chi connectivity index (χ1v) is 12.0. The second-order valence-electron chi connectivity index (χ2n) is 6.50. The average Bonchev–Trinajstić information content (AvgIpc) is 3.26. The molecule has 2 N–H and O–H groups in total. The second-order valence-corrected chi connectivity index (χ2v) is 9.08. The van der Waals surface area contributed by atoms with Gasteiger partial charge in [-0.1, -0.05) is 12.1 Å². The number of benzene rings is 2. The number of rotatable bonds is 9. The monoisotopic (exact) mass is 475 g/mol. The zero-order valence-electron chi connectivity index (χ0n) is 17.3. The molecular weight excluding hydrogens is 454 g/mol.